The maximum Gasteiger partial charge on any atom is 0.244 e. The number of amides is 1. The van der Waals surface area contributed by atoms with Crippen molar-refractivity contribution in [1.82, 2.24) is 4.98 Å². The van der Waals surface area contributed by atoms with Gasteiger partial charge in [0.05, 0.1) is 22.2 Å². The van der Waals surface area contributed by atoms with E-state index in [1.807, 2.05) is 76.2 Å². The fourth-order valence-corrected chi connectivity index (χ4v) is 5.58. The summed E-state index contributed by atoms with van der Waals surface area (Å²) in [6.45, 7) is 7.73. The van der Waals surface area contributed by atoms with Gasteiger partial charge in [-0.1, -0.05) is 47.8 Å². The van der Waals surface area contributed by atoms with Gasteiger partial charge in [-0.05, 0) is 63.1 Å². The van der Waals surface area contributed by atoms with Crippen LogP contribution in [0.3, 0.4) is 0 Å². The van der Waals surface area contributed by atoms with Gasteiger partial charge in [0.15, 0.2) is 0 Å². The summed E-state index contributed by atoms with van der Waals surface area (Å²) in [5, 5.41) is 9.88. The highest BCUT2D eigenvalue weighted by Gasteiger charge is 2.31. The van der Waals surface area contributed by atoms with Gasteiger partial charge in [-0.25, -0.2) is 4.98 Å². The van der Waals surface area contributed by atoms with Crippen LogP contribution < -0.4 is 4.90 Å². The van der Waals surface area contributed by atoms with Gasteiger partial charge in [0, 0.05) is 15.5 Å². The third-order valence-electron chi connectivity index (χ3n) is 5.36. The van der Waals surface area contributed by atoms with E-state index in [0.717, 1.165) is 38.0 Å². The molecule has 1 aliphatic heterocycles. The zero-order valence-corrected chi connectivity index (χ0v) is 18.9. The number of aromatic nitrogens is 1. The van der Waals surface area contributed by atoms with Crippen LogP contribution in [0.1, 0.15) is 29.3 Å². The highest BCUT2D eigenvalue weighted by molar-refractivity contribution is 8.00. The van der Waals surface area contributed by atoms with Crippen molar-refractivity contribution in [2.45, 2.75) is 47.8 Å². The Morgan fingerprint density at radius 3 is 2.17 bits per heavy atom. The summed E-state index contributed by atoms with van der Waals surface area (Å²) in [6.07, 6.45) is 0. The van der Waals surface area contributed by atoms with Crippen molar-refractivity contribution in [3.8, 4) is 6.07 Å². The van der Waals surface area contributed by atoms with E-state index in [4.69, 9.17) is 0 Å². The molecule has 3 aromatic rings. The summed E-state index contributed by atoms with van der Waals surface area (Å²) in [7, 11) is 0. The number of carbonyl (C=O) groups excluding carboxylic acids is 1. The molecular weight excluding hydrogens is 410 g/mol. The SMILES string of the molecule is Cc1nc(SC(C)C(=O)N2c3ccccc3Sc3ccccc32)c(C#N)c(C)c1C. The number of thioether (sulfide) groups is 1. The van der Waals surface area contributed by atoms with Crippen LogP contribution in [0.4, 0.5) is 11.4 Å². The molecule has 0 fully saturated rings. The van der Waals surface area contributed by atoms with Gasteiger partial charge < -0.3 is 0 Å². The smallest absolute Gasteiger partial charge is 0.244 e. The van der Waals surface area contributed by atoms with Crippen LogP contribution in [0.2, 0.25) is 0 Å². The minimum absolute atomic E-state index is 0.0261. The molecule has 6 heteroatoms. The molecule has 1 atom stereocenters. The van der Waals surface area contributed by atoms with Crippen molar-refractivity contribution in [2.24, 2.45) is 0 Å². The second-order valence-corrected chi connectivity index (χ2v) is 9.62. The lowest BCUT2D eigenvalue weighted by Crippen LogP contribution is -2.34. The molecule has 1 aliphatic rings. The zero-order valence-electron chi connectivity index (χ0n) is 17.3. The predicted octanol–water partition coefficient (Wildman–Crippen LogP) is 6.19. The van der Waals surface area contributed by atoms with Crippen molar-refractivity contribution in [3.05, 3.63) is 70.9 Å². The van der Waals surface area contributed by atoms with E-state index in [9.17, 15) is 10.1 Å². The number of para-hydroxylation sites is 2. The van der Waals surface area contributed by atoms with E-state index < -0.39 is 5.25 Å². The summed E-state index contributed by atoms with van der Waals surface area (Å²) in [5.74, 6) is -0.0261. The summed E-state index contributed by atoms with van der Waals surface area (Å²) in [6, 6.07) is 18.2. The molecule has 0 spiro atoms. The molecule has 0 bridgehead atoms. The number of anilines is 2. The lowest BCUT2D eigenvalue weighted by atomic mass is 10.1. The predicted molar refractivity (Wildman–Crippen MR) is 123 cm³/mol. The van der Waals surface area contributed by atoms with E-state index in [1.54, 1.807) is 16.7 Å². The first-order valence-corrected chi connectivity index (χ1v) is 11.4. The molecule has 4 nitrogen and oxygen atoms in total. The number of aryl methyl sites for hydroxylation is 1. The fraction of sp³-hybridized carbons (Fsp3) is 0.208. The lowest BCUT2D eigenvalue weighted by molar-refractivity contribution is -0.117. The topological polar surface area (TPSA) is 57.0 Å². The monoisotopic (exact) mass is 431 g/mol. The first-order valence-electron chi connectivity index (χ1n) is 9.66. The van der Waals surface area contributed by atoms with Gasteiger partial charge in [-0.2, -0.15) is 5.26 Å². The zero-order chi connectivity index (χ0) is 21.4. The van der Waals surface area contributed by atoms with Crippen molar-refractivity contribution in [1.29, 1.82) is 5.26 Å². The van der Waals surface area contributed by atoms with Crippen LogP contribution in [-0.4, -0.2) is 16.1 Å². The number of rotatable bonds is 3. The van der Waals surface area contributed by atoms with Crippen LogP contribution in [-0.2, 0) is 4.79 Å². The van der Waals surface area contributed by atoms with Crippen molar-refractivity contribution in [3.63, 3.8) is 0 Å². The first kappa shape index (κ1) is 20.5. The standard InChI is InChI=1S/C24H21N3OS2/c1-14-15(2)18(13-25)23(26-16(14)3)29-17(4)24(28)27-19-9-5-7-11-21(19)30-22-12-8-6-10-20(22)27/h5-12,17H,1-4H3. The Morgan fingerprint density at radius 2 is 1.60 bits per heavy atom. The van der Waals surface area contributed by atoms with Gasteiger partial charge in [0.1, 0.15) is 11.1 Å². The number of pyridine rings is 1. The Morgan fingerprint density at radius 1 is 1.03 bits per heavy atom. The van der Waals surface area contributed by atoms with Gasteiger partial charge in [0.25, 0.3) is 0 Å². The van der Waals surface area contributed by atoms with Gasteiger partial charge in [-0.3, -0.25) is 9.69 Å². The van der Waals surface area contributed by atoms with E-state index >= 15 is 0 Å². The fourth-order valence-electron chi connectivity index (χ4n) is 3.47. The number of hydrogen-bond donors (Lipinski definition) is 0. The lowest BCUT2D eigenvalue weighted by Gasteiger charge is -2.32. The molecule has 0 saturated heterocycles. The van der Waals surface area contributed by atoms with Crippen LogP contribution >= 0.6 is 23.5 Å². The van der Waals surface area contributed by atoms with Gasteiger partial charge in [0.2, 0.25) is 5.91 Å². The van der Waals surface area contributed by atoms with E-state index in [0.29, 0.717) is 10.6 Å². The molecule has 1 aromatic heterocycles. The highest BCUT2D eigenvalue weighted by Crippen LogP contribution is 2.48. The second-order valence-electron chi connectivity index (χ2n) is 7.21. The number of nitrogens with zero attached hydrogens (tertiary/aromatic N) is 3. The summed E-state index contributed by atoms with van der Waals surface area (Å²) >= 11 is 3.03. The molecule has 0 aliphatic carbocycles. The van der Waals surface area contributed by atoms with Crippen molar-refractivity contribution >= 4 is 40.8 Å². The second kappa shape index (κ2) is 8.17. The molecule has 1 unspecified atom stereocenters. The highest BCUT2D eigenvalue weighted by atomic mass is 32.2. The van der Waals surface area contributed by atoms with Crippen molar-refractivity contribution in [2.75, 3.05) is 4.90 Å². The molecule has 1 amide bonds. The molecule has 4 rings (SSSR count). The number of hydrogen-bond acceptors (Lipinski definition) is 5. The third-order valence-corrected chi connectivity index (χ3v) is 7.57. The Bertz CT molecular complexity index is 1150. The van der Waals surface area contributed by atoms with E-state index in [2.05, 4.69) is 11.1 Å². The van der Waals surface area contributed by atoms with Gasteiger partial charge >= 0.3 is 0 Å². The first-order chi connectivity index (χ1) is 14.4. The Hall–Kier alpha value is -2.75. The van der Waals surface area contributed by atoms with E-state index in [-0.39, 0.29) is 5.91 Å². The molecular formula is C24H21N3OS2. The van der Waals surface area contributed by atoms with E-state index in [1.165, 1.54) is 11.8 Å². The van der Waals surface area contributed by atoms with Crippen LogP contribution in [0.25, 0.3) is 0 Å². The molecule has 2 heterocycles. The number of nitriles is 1. The number of fused-ring (bicyclic) bond motifs is 2. The Balaban J connectivity index is 1.72. The minimum Gasteiger partial charge on any atom is -0.278 e. The number of carbonyl (C=O) groups is 1. The third kappa shape index (κ3) is 3.49. The Labute approximate surface area is 185 Å². The normalized spacial score (nSPS) is 13.2. The number of benzene rings is 2. The van der Waals surface area contributed by atoms with Gasteiger partial charge in [-0.15, -0.1) is 0 Å². The van der Waals surface area contributed by atoms with Crippen LogP contribution in [0, 0.1) is 32.1 Å². The Kier molecular flexibility index (Phi) is 5.59. The molecule has 30 heavy (non-hydrogen) atoms. The molecule has 0 radical (unpaired) electrons. The average molecular weight is 432 g/mol. The van der Waals surface area contributed by atoms with Crippen LogP contribution in [0.5, 0.6) is 0 Å². The molecule has 2 aromatic carbocycles. The minimum atomic E-state index is -0.407. The average Bonchev–Trinajstić information content (AvgIpc) is 2.75. The summed E-state index contributed by atoms with van der Waals surface area (Å²) < 4.78 is 0. The molecule has 0 N–H and O–H groups in total. The quantitative estimate of drug-likeness (QED) is 0.463. The molecule has 0 saturated carbocycles. The maximum atomic E-state index is 13.6. The largest absolute Gasteiger partial charge is 0.278 e. The molecule has 150 valence electrons. The summed E-state index contributed by atoms with van der Waals surface area (Å²) in [5.41, 5.74) is 5.17. The van der Waals surface area contributed by atoms with Crippen LogP contribution in [0.15, 0.2) is 63.3 Å². The van der Waals surface area contributed by atoms with Crippen molar-refractivity contribution < 1.29 is 4.79 Å². The summed E-state index contributed by atoms with van der Waals surface area (Å²) in [4.78, 5) is 22.2. The maximum absolute atomic E-state index is 13.6.